The molecule has 0 unspecified atom stereocenters. The fourth-order valence-electron chi connectivity index (χ4n) is 2.92. The lowest BCUT2D eigenvalue weighted by atomic mass is 10.0. The van der Waals surface area contributed by atoms with Gasteiger partial charge in [-0.3, -0.25) is 9.78 Å². The molecule has 1 aliphatic heterocycles. The van der Waals surface area contributed by atoms with Crippen molar-refractivity contribution < 1.29 is 14.3 Å². The molecular formula is C21H18N2O3. The lowest BCUT2D eigenvalue weighted by Gasteiger charge is -2.20. The number of anilines is 1. The van der Waals surface area contributed by atoms with Gasteiger partial charge in [0, 0.05) is 18.1 Å². The van der Waals surface area contributed by atoms with Crippen molar-refractivity contribution in [3.8, 4) is 22.6 Å². The van der Waals surface area contributed by atoms with E-state index in [2.05, 4.69) is 10.3 Å². The quantitative estimate of drug-likeness (QED) is 0.776. The number of carbonyl (C=O) groups excluding carboxylic acids is 1. The van der Waals surface area contributed by atoms with Crippen molar-refractivity contribution in [2.24, 2.45) is 0 Å². The number of aryl methyl sites for hydroxylation is 1. The third kappa shape index (κ3) is 3.11. The minimum absolute atomic E-state index is 0.220. The standard InChI is InChI=1S/C21H18N2O3/c1-14-5-6-16(15-7-9-22-10-8-15)13-18(14)23-21(24)17-3-2-4-19-20(17)26-12-11-25-19/h2-10,13H,11-12H2,1H3,(H,23,24). The molecule has 1 amide bonds. The summed E-state index contributed by atoms with van der Waals surface area (Å²) >= 11 is 0. The number of fused-ring (bicyclic) bond motifs is 1. The molecule has 0 spiro atoms. The van der Waals surface area contributed by atoms with Gasteiger partial charge in [0.2, 0.25) is 0 Å². The van der Waals surface area contributed by atoms with E-state index < -0.39 is 0 Å². The van der Waals surface area contributed by atoms with Crippen LogP contribution in [0.25, 0.3) is 11.1 Å². The highest BCUT2D eigenvalue weighted by Gasteiger charge is 2.20. The molecule has 2 heterocycles. The molecule has 0 bridgehead atoms. The molecule has 0 saturated carbocycles. The third-order valence-electron chi connectivity index (χ3n) is 4.31. The number of hydrogen-bond acceptors (Lipinski definition) is 4. The Hall–Kier alpha value is -3.34. The lowest BCUT2D eigenvalue weighted by Crippen LogP contribution is -2.20. The van der Waals surface area contributed by atoms with Crippen LogP contribution in [0.4, 0.5) is 5.69 Å². The molecule has 0 saturated heterocycles. The summed E-state index contributed by atoms with van der Waals surface area (Å²) < 4.78 is 11.2. The highest BCUT2D eigenvalue weighted by atomic mass is 16.6. The molecule has 26 heavy (non-hydrogen) atoms. The highest BCUT2D eigenvalue weighted by molar-refractivity contribution is 6.07. The van der Waals surface area contributed by atoms with Gasteiger partial charge in [-0.2, -0.15) is 0 Å². The Morgan fingerprint density at radius 3 is 2.65 bits per heavy atom. The minimum atomic E-state index is -0.220. The zero-order valence-electron chi connectivity index (χ0n) is 14.4. The molecular weight excluding hydrogens is 328 g/mol. The number of para-hydroxylation sites is 1. The topological polar surface area (TPSA) is 60.5 Å². The SMILES string of the molecule is Cc1ccc(-c2ccncc2)cc1NC(=O)c1cccc2c1OCCO2. The second-order valence-corrected chi connectivity index (χ2v) is 6.05. The van der Waals surface area contributed by atoms with Crippen molar-refractivity contribution in [2.45, 2.75) is 6.92 Å². The molecule has 4 rings (SSSR count). The first-order valence-corrected chi connectivity index (χ1v) is 8.43. The summed E-state index contributed by atoms with van der Waals surface area (Å²) in [5.41, 5.74) is 4.28. The molecule has 5 heteroatoms. The first kappa shape index (κ1) is 16.1. The van der Waals surface area contributed by atoms with Crippen LogP contribution in [-0.2, 0) is 0 Å². The van der Waals surface area contributed by atoms with Crippen LogP contribution in [0.15, 0.2) is 60.9 Å². The summed E-state index contributed by atoms with van der Waals surface area (Å²) in [5, 5.41) is 3.00. The number of hydrogen-bond donors (Lipinski definition) is 1. The molecule has 1 N–H and O–H groups in total. The summed E-state index contributed by atoms with van der Waals surface area (Å²) in [6.07, 6.45) is 3.50. The fourth-order valence-corrected chi connectivity index (χ4v) is 2.92. The minimum Gasteiger partial charge on any atom is -0.486 e. The average Bonchev–Trinajstić information content (AvgIpc) is 2.70. The van der Waals surface area contributed by atoms with Crippen molar-refractivity contribution >= 4 is 11.6 Å². The fraction of sp³-hybridized carbons (Fsp3) is 0.143. The van der Waals surface area contributed by atoms with Crippen molar-refractivity contribution in [3.05, 3.63) is 72.1 Å². The van der Waals surface area contributed by atoms with Crippen LogP contribution in [0.1, 0.15) is 15.9 Å². The molecule has 5 nitrogen and oxygen atoms in total. The molecule has 1 aromatic heterocycles. The van der Waals surface area contributed by atoms with Crippen LogP contribution in [0.3, 0.4) is 0 Å². The molecule has 0 aliphatic carbocycles. The van der Waals surface area contributed by atoms with Gasteiger partial charge in [-0.25, -0.2) is 0 Å². The maximum atomic E-state index is 12.8. The Labute approximate surface area is 151 Å². The summed E-state index contributed by atoms with van der Waals surface area (Å²) in [5.74, 6) is 0.882. The van der Waals surface area contributed by atoms with Crippen molar-refractivity contribution in [3.63, 3.8) is 0 Å². The number of nitrogens with one attached hydrogen (secondary N) is 1. The number of benzene rings is 2. The second kappa shape index (κ2) is 6.88. The van der Waals surface area contributed by atoms with Gasteiger partial charge in [0.1, 0.15) is 13.2 Å². The van der Waals surface area contributed by atoms with Crippen LogP contribution in [-0.4, -0.2) is 24.1 Å². The van der Waals surface area contributed by atoms with Crippen LogP contribution in [0, 0.1) is 6.92 Å². The van der Waals surface area contributed by atoms with Gasteiger partial charge in [-0.1, -0.05) is 18.2 Å². The smallest absolute Gasteiger partial charge is 0.259 e. The van der Waals surface area contributed by atoms with E-state index in [4.69, 9.17) is 9.47 Å². The van der Waals surface area contributed by atoms with Crippen molar-refractivity contribution in [1.29, 1.82) is 0 Å². The molecule has 1 aliphatic rings. The van der Waals surface area contributed by atoms with Gasteiger partial charge in [0.05, 0.1) is 5.56 Å². The van der Waals surface area contributed by atoms with Gasteiger partial charge < -0.3 is 14.8 Å². The molecule has 0 fully saturated rings. The summed E-state index contributed by atoms with van der Waals surface area (Å²) in [7, 11) is 0. The van der Waals surface area contributed by atoms with E-state index in [1.54, 1.807) is 30.6 Å². The van der Waals surface area contributed by atoms with Crippen LogP contribution >= 0.6 is 0 Å². The summed E-state index contributed by atoms with van der Waals surface area (Å²) in [6, 6.07) is 15.2. The molecule has 0 atom stereocenters. The zero-order chi connectivity index (χ0) is 17.9. The first-order valence-electron chi connectivity index (χ1n) is 8.43. The number of rotatable bonds is 3. The Kier molecular flexibility index (Phi) is 4.27. The maximum absolute atomic E-state index is 12.8. The van der Waals surface area contributed by atoms with E-state index in [0.717, 1.165) is 22.4 Å². The van der Waals surface area contributed by atoms with Gasteiger partial charge in [0.15, 0.2) is 11.5 Å². The van der Waals surface area contributed by atoms with E-state index in [1.165, 1.54) is 0 Å². The van der Waals surface area contributed by atoms with Gasteiger partial charge in [-0.15, -0.1) is 0 Å². The molecule has 3 aromatic rings. The molecule has 2 aromatic carbocycles. The predicted octanol–water partition coefficient (Wildman–Crippen LogP) is 4.08. The summed E-state index contributed by atoms with van der Waals surface area (Å²) in [6.45, 7) is 2.89. The first-order chi connectivity index (χ1) is 12.7. The maximum Gasteiger partial charge on any atom is 0.259 e. The number of amides is 1. The number of pyridine rings is 1. The molecule has 130 valence electrons. The Morgan fingerprint density at radius 1 is 1.00 bits per heavy atom. The lowest BCUT2D eigenvalue weighted by molar-refractivity contribution is 0.101. The van der Waals surface area contributed by atoms with E-state index in [-0.39, 0.29) is 5.91 Å². The average molecular weight is 346 g/mol. The van der Waals surface area contributed by atoms with E-state index in [0.29, 0.717) is 30.3 Å². The normalized spacial score (nSPS) is 12.5. The Morgan fingerprint density at radius 2 is 1.81 bits per heavy atom. The van der Waals surface area contributed by atoms with Gasteiger partial charge in [-0.05, 0) is 53.9 Å². The predicted molar refractivity (Wildman–Crippen MR) is 99.8 cm³/mol. The monoisotopic (exact) mass is 346 g/mol. The molecule has 0 radical (unpaired) electrons. The number of nitrogens with zero attached hydrogens (tertiary/aromatic N) is 1. The Balaban J connectivity index is 1.64. The van der Waals surface area contributed by atoms with Crippen molar-refractivity contribution in [1.82, 2.24) is 4.98 Å². The van der Waals surface area contributed by atoms with Crippen molar-refractivity contribution in [2.75, 3.05) is 18.5 Å². The number of aromatic nitrogens is 1. The number of carbonyl (C=O) groups is 1. The zero-order valence-corrected chi connectivity index (χ0v) is 14.4. The number of ether oxygens (including phenoxy) is 2. The van der Waals surface area contributed by atoms with E-state index >= 15 is 0 Å². The third-order valence-corrected chi connectivity index (χ3v) is 4.31. The largest absolute Gasteiger partial charge is 0.486 e. The van der Waals surface area contributed by atoms with Crippen LogP contribution < -0.4 is 14.8 Å². The van der Waals surface area contributed by atoms with Crippen LogP contribution in [0.5, 0.6) is 11.5 Å². The Bertz CT molecular complexity index is 955. The van der Waals surface area contributed by atoms with Gasteiger partial charge >= 0.3 is 0 Å². The van der Waals surface area contributed by atoms with E-state index in [1.807, 2.05) is 37.3 Å². The summed E-state index contributed by atoms with van der Waals surface area (Å²) in [4.78, 5) is 16.9. The highest BCUT2D eigenvalue weighted by Crippen LogP contribution is 2.34. The van der Waals surface area contributed by atoms with Crippen LogP contribution in [0.2, 0.25) is 0 Å². The van der Waals surface area contributed by atoms with Gasteiger partial charge in [0.25, 0.3) is 5.91 Å². The second-order valence-electron chi connectivity index (χ2n) is 6.05. The van der Waals surface area contributed by atoms with E-state index in [9.17, 15) is 4.79 Å².